The molecule has 2 atom stereocenters. The summed E-state index contributed by atoms with van der Waals surface area (Å²) in [6.45, 7) is 8.39. The minimum Gasteiger partial charge on any atom is -0.487 e. The van der Waals surface area contributed by atoms with E-state index in [0.29, 0.717) is 0 Å². The van der Waals surface area contributed by atoms with Crippen LogP contribution in [0.4, 0.5) is 0 Å². The first kappa shape index (κ1) is 13.9. The molecule has 1 aliphatic carbocycles. The summed E-state index contributed by atoms with van der Waals surface area (Å²) < 4.78 is 12.2. The average Bonchev–Trinajstić information content (AvgIpc) is 2.77. The maximum atomic E-state index is 9.85. The molecule has 1 aromatic carbocycles. The third-order valence-electron chi connectivity index (χ3n) is 4.43. The number of benzene rings is 1. The predicted octanol–water partition coefficient (Wildman–Crippen LogP) is 3.39. The summed E-state index contributed by atoms with van der Waals surface area (Å²) in [5.74, 6) is 0.886. The number of rotatable bonds is 2. The van der Waals surface area contributed by atoms with Gasteiger partial charge < -0.3 is 14.6 Å². The van der Waals surface area contributed by atoms with Crippen molar-refractivity contribution in [2.24, 2.45) is 0 Å². The first-order valence-corrected chi connectivity index (χ1v) is 7.45. The van der Waals surface area contributed by atoms with E-state index in [1.807, 2.05) is 12.1 Å². The van der Waals surface area contributed by atoms with Crippen LogP contribution < -0.4 is 4.74 Å². The van der Waals surface area contributed by atoms with Crippen molar-refractivity contribution in [3.05, 3.63) is 29.3 Å². The first-order valence-electron chi connectivity index (χ1n) is 7.45. The molecule has 0 radical (unpaired) electrons. The molecule has 0 aromatic heterocycles. The van der Waals surface area contributed by atoms with Gasteiger partial charge in [0, 0.05) is 6.42 Å². The Morgan fingerprint density at radius 1 is 1.25 bits per heavy atom. The molecule has 3 nitrogen and oxygen atoms in total. The highest BCUT2D eigenvalue weighted by Crippen LogP contribution is 2.40. The maximum absolute atomic E-state index is 9.85. The van der Waals surface area contributed by atoms with E-state index in [9.17, 15) is 5.11 Å². The SMILES string of the molecule is CC1(C)CC(Oc2ccc3c(c2)CC[C@@H]3O)C(C)(C)O1. The molecule has 2 aliphatic rings. The Labute approximate surface area is 120 Å². The fourth-order valence-corrected chi connectivity index (χ4v) is 3.50. The zero-order chi connectivity index (χ0) is 14.5. The number of aliphatic hydroxyl groups is 1. The smallest absolute Gasteiger partial charge is 0.130 e. The monoisotopic (exact) mass is 276 g/mol. The summed E-state index contributed by atoms with van der Waals surface area (Å²) in [5, 5.41) is 9.85. The van der Waals surface area contributed by atoms with Crippen LogP contribution in [0.15, 0.2) is 18.2 Å². The van der Waals surface area contributed by atoms with Crippen molar-refractivity contribution in [3.63, 3.8) is 0 Å². The second-order valence-corrected chi connectivity index (χ2v) is 7.19. The van der Waals surface area contributed by atoms with Gasteiger partial charge in [-0.15, -0.1) is 0 Å². The van der Waals surface area contributed by atoms with Gasteiger partial charge in [0.25, 0.3) is 0 Å². The molecule has 20 heavy (non-hydrogen) atoms. The van der Waals surface area contributed by atoms with E-state index >= 15 is 0 Å². The molecule has 1 aliphatic heterocycles. The van der Waals surface area contributed by atoms with Crippen LogP contribution in [0.1, 0.15) is 57.8 Å². The van der Waals surface area contributed by atoms with Crippen molar-refractivity contribution < 1.29 is 14.6 Å². The van der Waals surface area contributed by atoms with Crippen LogP contribution in [0.3, 0.4) is 0 Å². The minimum absolute atomic E-state index is 0.0573. The quantitative estimate of drug-likeness (QED) is 0.900. The molecule has 110 valence electrons. The number of aliphatic hydroxyl groups excluding tert-OH is 1. The normalized spacial score (nSPS) is 30.2. The summed E-state index contributed by atoms with van der Waals surface area (Å²) in [6, 6.07) is 6.04. The molecule has 3 heteroatoms. The molecule has 0 bridgehead atoms. The number of aryl methyl sites for hydroxylation is 1. The van der Waals surface area contributed by atoms with E-state index in [0.717, 1.165) is 30.6 Å². The van der Waals surface area contributed by atoms with Crippen molar-refractivity contribution >= 4 is 0 Å². The van der Waals surface area contributed by atoms with Gasteiger partial charge in [0.1, 0.15) is 17.5 Å². The van der Waals surface area contributed by atoms with Crippen LogP contribution in [0.2, 0.25) is 0 Å². The largest absolute Gasteiger partial charge is 0.487 e. The van der Waals surface area contributed by atoms with Crippen molar-refractivity contribution in [1.29, 1.82) is 0 Å². The lowest BCUT2D eigenvalue weighted by molar-refractivity contribution is -0.0846. The zero-order valence-corrected chi connectivity index (χ0v) is 12.8. The second-order valence-electron chi connectivity index (χ2n) is 7.19. The van der Waals surface area contributed by atoms with Crippen LogP contribution in [-0.2, 0) is 11.2 Å². The molecule has 0 amide bonds. The van der Waals surface area contributed by atoms with Gasteiger partial charge >= 0.3 is 0 Å². The molecule has 1 heterocycles. The molecular weight excluding hydrogens is 252 g/mol. The van der Waals surface area contributed by atoms with Gasteiger partial charge in [-0.05, 0) is 63.8 Å². The summed E-state index contributed by atoms with van der Waals surface area (Å²) in [5.41, 5.74) is 1.86. The molecule has 1 saturated heterocycles. The fraction of sp³-hybridized carbons (Fsp3) is 0.647. The molecule has 0 saturated carbocycles. The number of fused-ring (bicyclic) bond motifs is 1. The second kappa shape index (κ2) is 4.47. The van der Waals surface area contributed by atoms with E-state index < -0.39 is 0 Å². The van der Waals surface area contributed by atoms with Crippen LogP contribution in [-0.4, -0.2) is 22.4 Å². The Bertz CT molecular complexity index is 519. The Balaban J connectivity index is 1.79. The van der Waals surface area contributed by atoms with E-state index in [4.69, 9.17) is 9.47 Å². The van der Waals surface area contributed by atoms with Gasteiger partial charge in [0.15, 0.2) is 0 Å². The lowest BCUT2D eigenvalue weighted by Crippen LogP contribution is -2.36. The third-order valence-corrected chi connectivity index (χ3v) is 4.43. The Kier molecular flexibility index (Phi) is 3.11. The third kappa shape index (κ3) is 2.45. The summed E-state index contributed by atoms with van der Waals surface area (Å²) in [7, 11) is 0. The van der Waals surface area contributed by atoms with Crippen molar-refractivity contribution in [2.45, 2.75) is 70.4 Å². The molecule has 1 fully saturated rings. The summed E-state index contributed by atoms with van der Waals surface area (Å²) in [6.07, 6.45) is 2.40. The van der Waals surface area contributed by atoms with Gasteiger partial charge in [-0.3, -0.25) is 0 Å². The van der Waals surface area contributed by atoms with E-state index in [1.165, 1.54) is 5.56 Å². The minimum atomic E-state index is -0.302. The highest BCUT2D eigenvalue weighted by molar-refractivity contribution is 5.40. The highest BCUT2D eigenvalue weighted by atomic mass is 16.6. The van der Waals surface area contributed by atoms with Crippen LogP contribution in [0, 0.1) is 0 Å². The van der Waals surface area contributed by atoms with Gasteiger partial charge in [-0.2, -0.15) is 0 Å². The van der Waals surface area contributed by atoms with Crippen molar-refractivity contribution in [1.82, 2.24) is 0 Å². The molecule has 1 unspecified atom stereocenters. The van der Waals surface area contributed by atoms with Crippen molar-refractivity contribution in [2.75, 3.05) is 0 Å². The summed E-state index contributed by atoms with van der Waals surface area (Å²) in [4.78, 5) is 0. The molecule has 1 N–H and O–H groups in total. The van der Waals surface area contributed by atoms with E-state index in [-0.39, 0.29) is 23.4 Å². The zero-order valence-electron chi connectivity index (χ0n) is 12.8. The van der Waals surface area contributed by atoms with Gasteiger partial charge in [-0.25, -0.2) is 0 Å². The lowest BCUT2D eigenvalue weighted by Gasteiger charge is -2.27. The first-order chi connectivity index (χ1) is 9.27. The van der Waals surface area contributed by atoms with Gasteiger partial charge in [0.2, 0.25) is 0 Å². The van der Waals surface area contributed by atoms with Crippen LogP contribution in [0.5, 0.6) is 5.75 Å². The van der Waals surface area contributed by atoms with Gasteiger partial charge in [0.05, 0.1) is 11.7 Å². The van der Waals surface area contributed by atoms with E-state index in [2.05, 4.69) is 33.8 Å². The lowest BCUT2D eigenvalue weighted by atomic mass is 9.97. The Morgan fingerprint density at radius 3 is 2.65 bits per heavy atom. The molecule has 3 rings (SSSR count). The predicted molar refractivity (Wildman–Crippen MR) is 78.0 cm³/mol. The number of hydrogen-bond acceptors (Lipinski definition) is 3. The summed E-state index contributed by atoms with van der Waals surface area (Å²) >= 11 is 0. The maximum Gasteiger partial charge on any atom is 0.130 e. The topological polar surface area (TPSA) is 38.7 Å². The molecule has 0 spiro atoms. The molecule has 1 aromatic rings. The fourth-order valence-electron chi connectivity index (χ4n) is 3.50. The standard InChI is InChI=1S/C17H24O3/c1-16(2)10-15(17(3,4)20-16)19-12-6-7-13-11(9-12)5-8-14(13)18/h6-7,9,14-15,18H,5,8,10H2,1-4H3/t14-,15?/m0/s1. The van der Waals surface area contributed by atoms with Crippen molar-refractivity contribution in [3.8, 4) is 5.75 Å². The Hall–Kier alpha value is -1.06. The number of ether oxygens (including phenoxy) is 2. The molecular formula is C17H24O3. The van der Waals surface area contributed by atoms with Gasteiger partial charge in [-0.1, -0.05) is 6.07 Å². The highest BCUT2D eigenvalue weighted by Gasteiger charge is 2.47. The number of hydrogen-bond donors (Lipinski definition) is 1. The van der Waals surface area contributed by atoms with Crippen LogP contribution >= 0.6 is 0 Å². The van der Waals surface area contributed by atoms with Crippen LogP contribution in [0.25, 0.3) is 0 Å². The Morgan fingerprint density at radius 2 is 2.00 bits per heavy atom. The average molecular weight is 276 g/mol. The van der Waals surface area contributed by atoms with E-state index in [1.54, 1.807) is 0 Å².